The van der Waals surface area contributed by atoms with E-state index in [-0.39, 0.29) is 11.5 Å². The largest absolute Gasteiger partial charge is 0.366 e. The lowest BCUT2D eigenvalue weighted by molar-refractivity contribution is -0.384. The number of hydrogen-bond donors (Lipinski definition) is 0. The molecule has 0 bridgehead atoms. The van der Waals surface area contributed by atoms with Crippen LogP contribution in [0.4, 0.5) is 11.4 Å². The van der Waals surface area contributed by atoms with Crippen molar-refractivity contribution in [1.82, 2.24) is 0 Å². The zero-order chi connectivity index (χ0) is 14.7. The molecule has 0 N–H and O–H groups in total. The van der Waals surface area contributed by atoms with Crippen LogP contribution in [0.15, 0.2) is 18.2 Å². The second kappa shape index (κ2) is 6.03. The molecule has 0 aromatic heterocycles. The number of piperidine rings is 1. The Labute approximate surface area is 118 Å². The number of carbonyl (C=O) groups excluding carboxylic acids is 1. The molecule has 0 amide bonds. The highest BCUT2D eigenvalue weighted by atomic mass is 16.6. The van der Waals surface area contributed by atoms with Crippen molar-refractivity contribution in [3.05, 3.63) is 33.9 Å². The third-order valence-corrected chi connectivity index (χ3v) is 4.02. The number of anilines is 1. The minimum absolute atomic E-state index is 0.0365. The Hall–Kier alpha value is -1.91. The average Bonchev–Trinajstić information content (AvgIpc) is 2.46. The van der Waals surface area contributed by atoms with Gasteiger partial charge in [-0.1, -0.05) is 13.3 Å². The summed E-state index contributed by atoms with van der Waals surface area (Å²) in [6.45, 7) is 5.28. The van der Waals surface area contributed by atoms with Crippen LogP contribution in [0.2, 0.25) is 0 Å². The summed E-state index contributed by atoms with van der Waals surface area (Å²) >= 11 is 0. The highest BCUT2D eigenvalue weighted by Crippen LogP contribution is 2.33. The van der Waals surface area contributed by atoms with Crippen molar-refractivity contribution in [2.24, 2.45) is 5.92 Å². The third kappa shape index (κ3) is 2.98. The predicted molar refractivity (Wildman–Crippen MR) is 78.3 cm³/mol. The van der Waals surface area contributed by atoms with Crippen LogP contribution in [0.3, 0.4) is 0 Å². The molecule has 20 heavy (non-hydrogen) atoms. The quantitative estimate of drug-likeness (QED) is 0.480. The zero-order valence-electron chi connectivity index (χ0n) is 12.0. The third-order valence-electron chi connectivity index (χ3n) is 4.02. The summed E-state index contributed by atoms with van der Waals surface area (Å²) < 4.78 is 0. The minimum atomic E-state index is -0.392. The van der Waals surface area contributed by atoms with E-state index in [2.05, 4.69) is 11.8 Å². The van der Waals surface area contributed by atoms with Crippen LogP contribution in [0.5, 0.6) is 0 Å². The zero-order valence-corrected chi connectivity index (χ0v) is 12.0. The van der Waals surface area contributed by atoms with Crippen LogP contribution in [0.1, 0.15) is 43.5 Å². The van der Waals surface area contributed by atoms with Crippen molar-refractivity contribution in [2.75, 3.05) is 18.0 Å². The van der Waals surface area contributed by atoms with Gasteiger partial charge in [-0.3, -0.25) is 14.9 Å². The maximum Gasteiger partial charge on any atom is 0.293 e. The van der Waals surface area contributed by atoms with E-state index < -0.39 is 4.92 Å². The molecule has 108 valence electrons. The molecule has 1 aromatic carbocycles. The van der Waals surface area contributed by atoms with Crippen molar-refractivity contribution in [3.63, 3.8) is 0 Å². The van der Waals surface area contributed by atoms with Gasteiger partial charge in [0.15, 0.2) is 5.78 Å². The fourth-order valence-electron chi connectivity index (χ4n) is 2.77. The van der Waals surface area contributed by atoms with Gasteiger partial charge in [-0.05, 0) is 37.8 Å². The van der Waals surface area contributed by atoms with Crippen molar-refractivity contribution in [1.29, 1.82) is 0 Å². The van der Waals surface area contributed by atoms with Crippen molar-refractivity contribution in [3.8, 4) is 0 Å². The fourth-order valence-corrected chi connectivity index (χ4v) is 2.77. The Balaban J connectivity index is 2.35. The van der Waals surface area contributed by atoms with E-state index in [1.165, 1.54) is 19.4 Å². The Morgan fingerprint density at radius 1 is 1.50 bits per heavy atom. The number of ketones is 1. The van der Waals surface area contributed by atoms with E-state index >= 15 is 0 Å². The summed E-state index contributed by atoms with van der Waals surface area (Å²) in [5, 5.41) is 11.3. The Morgan fingerprint density at radius 2 is 2.25 bits per heavy atom. The normalized spacial score (nSPS) is 18.9. The summed E-state index contributed by atoms with van der Waals surface area (Å²) in [7, 11) is 0. The first-order valence-corrected chi connectivity index (χ1v) is 7.07. The number of carbonyl (C=O) groups is 1. The van der Waals surface area contributed by atoms with E-state index in [0.717, 1.165) is 25.9 Å². The standard InChI is InChI=1S/C15H20N2O3/c1-3-12-5-4-8-16(10-12)14-7-6-13(11(2)18)9-15(14)17(19)20/h6-7,9,12H,3-5,8,10H2,1-2H3. The van der Waals surface area contributed by atoms with E-state index in [4.69, 9.17) is 0 Å². The summed E-state index contributed by atoms with van der Waals surface area (Å²) in [5.41, 5.74) is 1.07. The highest BCUT2D eigenvalue weighted by Gasteiger charge is 2.25. The van der Waals surface area contributed by atoms with Gasteiger partial charge in [0, 0.05) is 24.7 Å². The monoisotopic (exact) mass is 276 g/mol. The van der Waals surface area contributed by atoms with E-state index in [0.29, 0.717) is 17.2 Å². The summed E-state index contributed by atoms with van der Waals surface area (Å²) in [6, 6.07) is 4.79. The second-order valence-electron chi connectivity index (χ2n) is 5.38. The molecule has 0 radical (unpaired) electrons. The molecule has 0 saturated carbocycles. The molecule has 1 aliphatic heterocycles. The van der Waals surface area contributed by atoms with E-state index in [9.17, 15) is 14.9 Å². The van der Waals surface area contributed by atoms with E-state index in [1.807, 2.05) is 0 Å². The SMILES string of the molecule is CCC1CCCN(c2ccc(C(C)=O)cc2[N+](=O)[O-])C1. The molecule has 0 aliphatic carbocycles. The topological polar surface area (TPSA) is 63.5 Å². The van der Waals surface area contributed by atoms with Gasteiger partial charge < -0.3 is 4.90 Å². The van der Waals surface area contributed by atoms with Crippen molar-refractivity contribution < 1.29 is 9.72 Å². The molecule has 1 fully saturated rings. The van der Waals surface area contributed by atoms with Gasteiger partial charge in [-0.15, -0.1) is 0 Å². The number of nitro benzene ring substituents is 1. The van der Waals surface area contributed by atoms with E-state index in [1.54, 1.807) is 12.1 Å². The number of rotatable bonds is 4. The van der Waals surface area contributed by atoms with Gasteiger partial charge in [0.05, 0.1) is 4.92 Å². The van der Waals surface area contributed by atoms with Gasteiger partial charge in [-0.2, -0.15) is 0 Å². The molecule has 0 spiro atoms. The summed E-state index contributed by atoms with van der Waals surface area (Å²) in [6.07, 6.45) is 3.34. The number of Topliss-reactive ketones (excluding diaryl/α,β-unsaturated/α-hetero) is 1. The number of nitrogens with zero attached hydrogens (tertiary/aromatic N) is 2. The molecule has 1 aliphatic rings. The Bertz CT molecular complexity index is 528. The smallest absolute Gasteiger partial charge is 0.293 e. The van der Waals surface area contributed by atoms with Crippen LogP contribution in [-0.4, -0.2) is 23.8 Å². The molecule has 2 rings (SSSR count). The molecule has 1 unspecified atom stereocenters. The maximum absolute atomic E-state index is 11.4. The highest BCUT2D eigenvalue weighted by molar-refractivity contribution is 5.95. The molecule has 1 heterocycles. The van der Waals surface area contributed by atoms with Gasteiger partial charge in [0.1, 0.15) is 5.69 Å². The average molecular weight is 276 g/mol. The lowest BCUT2D eigenvalue weighted by Gasteiger charge is -2.33. The first-order chi connectivity index (χ1) is 9.52. The van der Waals surface area contributed by atoms with Crippen LogP contribution in [0.25, 0.3) is 0 Å². The molecule has 1 saturated heterocycles. The molecule has 5 nitrogen and oxygen atoms in total. The van der Waals surface area contributed by atoms with Crippen LogP contribution < -0.4 is 4.90 Å². The van der Waals surface area contributed by atoms with Gasteiger partial charge in [0.25, 0.3) is 5.69 Å². The predicted octanol–water partition coefficient (Wildman–Crippen LogP) is 3.42. The lowest BCUT2D eigenvalue weighted by atomic mass is 9.95. The molecule has 1 atom stereocenters. The van der Waals surface area contributed by atoms with Gasteiger partial charge in [-0.25, -0.2) is 0 Å². The van der Waals surface area contributed by atoms with Crippen molar-refractivity contribution >= 4 is 17.2 Å². The number of benzene rings is 1. The van der Waals surface area contributed by atoms with Gasteiger partial charge >= 0.3 is 0 Å². The maximum atomic E-state index is 11.4. The number of hydrogen-bond acceptors (Lipinski definition) is 4. The Kier molecular flexibility index (Phi) is 4.37. The molecular weight excluding hydrogens is 256 g/mol. The van der Waals surface area contributed by atoms with Crippen LogP contribution in [0, 0.1) is 16.0 Å². The second-order valence-corrected chi connectivity index (χ2v) is 5.38. The lowest BCUT2D eigenvalue weighted by Crippen LogP contribution is -2.35. The first-order valence-electron chi connectivity index (χ1n) is 7.07. The van der Waals surface area contributed by atoms with Crippen LogP contribution in [-0.2, 0) is 0 Å². The number of nitro groups is 1. The summed E-state index contributed by atoms with van der Waals surface area (Å²) in [4.78, 5) is 24.3. The Morgan fingerprint density at radius 3 is 2.85 bits per heavy atom. The molecule has 5 heteroatoms. The van der Waals surface area contributed by atoms with Gasteiger partial charge in [0.2, 0.25) is 0 Å². The first kappa shape index (κ1) is 14.5. The van der Waals surface area contributed by atoms with Crippen LogP contribution >= 0.6 is 0 Å². The van der Waals surface area contributed by atoms with Crippen molar-refractivity contribution in [2.45, 2.75) is 33.1 Å². The molecule has 1 aromatic rings. The molecular formula is C15H20N2O3. The minimum Gasteiger partial charge on any atom is -0.366 e. The fraction of sp³-hybridized carbons (Fsp3) is 0.533. The summed E-state index contributed by atoms with van der Waals surface area (Å²) in [5.74, 6) is 0.445.